The fraction of sp³-hybridized carbons (Fsp3) is 0.333. The number of aromatic nitrogens is 4. The molecule has 0 spiro atoms. The van der Waals surface area contributed by atoms with Crippen LogP contribution in [0.2, 0.25) is 5.02 Å². The standard InChI is InChI=1S/C15H18ClN5O/c1-3-8-22-9-17-12-6-4-11(5-7-12)14-18-15-13(16)10(2)19-21(15)20-14/h4-7,17,19H,3,8-9H2,1-2H3. The van der Waals surface area contributed by atoms with Gasteiger partial charge in [-0.3, -0.25) is 5.10 Å². The zero-order chi connectivity index (χ0) is 15.5. The number of hydrogen-bond acceptors (Lipinski definition) is 4. The smallest absolute Gasteiger partial charge is 0.194 e. The Morgan fingerprint density at radius 2 is 2.09 bits per heavy atom. The van der Waals surface area contributed by atoms with Crippen LogP contribution in [0.15, 0.2) is 24.3 Å². The summed E-state index contributed by atoms with van der Waals surface area (Å²) in [5.41, 5.74) is 3.43. The Labute approximate surface area is 133 Å². The number of halogens is 1. The summed E-state index contributed by atoms with van der Waals surface area (Å²) in [6.45, 7) is 5.24. The van der Waals surface area contributed by atoms with Gasteiger partial charge in [0, 0.05) is 17.9 Å². The lowest BCUT2D eigenvalue weighted by Crippen LogP contribution is -2.06. The molecule has 0 aliphatic heterocycles. The zero-order valence-electron chi connectivity index (χ0n) is 12.6. The van der Waals surface area contributed by atoms with Crippen LogP contribution in [0, 0.1) is 6.92 Å². The molecule has 0 fully saturated rings. The summed E-state index contributed by atoms with van der Waals surface area (Å²) < 4.78 is 6.99. The van der Waals surface area contributed by atoms with Crippen molar-refractivity contribution in [2.75, 3.05) is 18.7 Å². The van der Waals surface area contributed by atoms with E-state index in [1.165, 1.54) is 0 Å². The van der Waals surface area contributed by atoms with Crippen molar-refractivity contribution in [2.24, 2.45) is 0 Å². The molecule has 0 unspecified atom stereocenters. The van der Waals surface area contributed by atoms with Crippen LogP contribution in [0.4, 0.5) is 5.69 Å². The second-order valence-corrected chi connectivity index (χ2v) is 5.41. The van der Waals surface area contributed by atoms with E-state index in [9.17, 15) is 0 Å². The van der Waals surface area contributed by atoms with Gasteiger partial charge in [-0.05, 0) is 37.6 Å². The molecule has 0 atom stereocenters. The first-order chi connectivity index (χ1) is 10.7. The van der Waals surface area contributed by atoms with Crippen molar-refractivity contribution in [3.63, 3.8) is 0 Å². The molecule has 7 heteroatoms. The average Bonchev–Trinajstić information content (AvgIpc) is 3.05. The first-order valence-corrected chi connectivity index (χ1v) is 7.59. The molecule has 0 aliphatic carbocycles. The van der Waals surface area contributed by atoms with E-state index >= 15 is 0 Å². The number of benzene rings is 1. The maximum absolute atomic E-state index is 6.17. The summed E-state index contributed by atoms with van der Waals surface area (Å²) in [6, 6.07) is 7.90. The number of rotatable bonds is 6. The highest BCUT2D eigenvalue weighted by Crippen LogP contribution is 2.23. The van der Waals surface area contributed by atoms with Gasteiger partial charge < -0.3 is 10.1 Å². The van der Waals surface area contributed by atoms with E-state index in [2.05, 4.69) is 27.4 Å². The molecule has 0 amide bonds. The number of H-pyrrole nitrogens is 1. The quantitative estimate of drug-likeness (QED) is 0.539. The van der Waals surface area contributed by atoms with Gasteiger partial charge in [-0.15, -0.1) is 5.10 Å². The van der Waals surface area contributed by atoms with Gasteiger partial charge in [0.2, 0.25) is 0 Å². The Hall–Kier alpha value is -2.05. The van der Waals surface area contributed by atoms with Crippen LogP contribution in [-0.2, 0) is 4.74 Å². The van der Waals surface area contributed by atoms with Crippen molar-refractivity contribution in [1.82, 2.24) is 19.8 Å². The second kappa shape index (κ2) is 6.37. The molecule has 2 heterocycles. The molecule has 3 rings (SSSR count). The van der Waals surface area contributed by atoms with E-state index < -0.39 is 0 Å². The topological polar surface area (TPSA) is 67.2 Å². The third kappa shape index (κ3) is 2.93. The highest BCUT2D eigenvalue weighted by Gasteiger charge is 2.12. The molecule has 3 aromatic rings. The van der Waals surface area contributed by atoms with Crippen molar-refractivity contribution in [2.45, 2.75) is 20.3 Å². The average molecular weight is 320 g/mol. The Morgan fingerprint density at radius 1 is 1.32 bits per heavy atom. The van der Waals surface area contributed by atoms with Gasteiger partial charge in [0.1, 0.15) is 11.8 Å². The van der Waals surface area contributed by atoms with E-state index in [4.69, 9.17) is 16.3 Å². The predicted molar refractivity (Wildman–Crippen MR) is 87.3 cm³/mol. The molecule has 0 bridgehead atoms. The number of aromatic amines is 1. The predicted octanol–water partition coefficient (Wildman–Crippen LogP) is 3.48. The van der Waals surface area contributed by atoms with Crippen molar-refractivity contribution < 1.29 is 4.74 Å². The Balaban J connectivity index is 1.73. The van der Waals surface area contributed by atoms with Crippen molar-refractivity contribution >= 4 is 22.9 Å². The number of nitrogens with one attached hydrogen (secondary N) is 2. The van der Waals surface area contributed by atoms with Crippen LogP contribution in [-0.4, -0.2) is 33.1 Å². The molecule has 116 valence electrons. The van der Waals surface area contributed by atoms with Gasteiger partial charge in [-0.1, -0.05) is 18.5 Å². The number of anilines is 1. The Kier molecular flexibility index (Phi) is 4.31. The largest absolute Gasteiger partial charge is 0.363 e. The Morgan fingerprint density at radius 3 is 2.77 bits per heavy atom. The summed E-state index contributed by atoms with van der Waals surface area (Å²) in [4.78, 5) is 4.46. The minimum atomic E-state index is 0.508. The Bertz CT molecular complexity index is 762. The molecule has 6 nitrogen and oxygen atoms in total. The fourth-order valence-electron chi connectivity index (χ4n) is 2.12. The van der Waals surface area contributed by atoms with Gasteiger partial charge in [0.15, 0.2) is 11.5 Å². The van der Waals surface area contributed by atoms with Crippen LogP contribution in [0.3, 0.4) is 0 Å². The molecule has 2 aromatic heterocycles. The first kappa shape index (κ1) is 14.9. The van der Waals surface area contributed by atoms with E-state index in [1.54, 1.807) is 4.63 Å². The highest BCUT2D eigenvalue weighted by atomic mass is 35.5. The molecular weight excluding hydrogens is 302 g/mol. The number of ether oxygens (including phenoxy) is 1. The summed E-state index contributed by atoms with van der Waals surface area (Å²) in [7, 11) is 0. The number of aryl methyl sites for hydroxylation is 1. The maximum Gasteiger partial charge on any atom is 0.194 e. The lowest BCUT2D eigenvalue weighted by Gasteiger charge is -2.07. The van der Waals surface area contributed by atoms with Gasteiger partial charge >= 0.3 is 0 Å². The zero-order valence-corrected chi connectivity index (χ0v) is 13.3. The van der Waals surface area contributed by atoms with Crippen LogP contribution in [0.1, 0.15) is 19.0 Å². The van der Waals surface area contributed by atoms with Crippen molar-refractivity contribution in [3.05, 3.63) is 35.0 Å². The number of fused-ring (bicyclic) bond motifs is 1. The lowest BCUT2D eigenvalue weighted by atomic mass is 10.2. The number of hydrogen-bond donors (Lipinski definition) is 2. The van der Waals surface area contributed by atoms with Crippen LogP contribution < -0.4 is 5.32 Å². The number of nitrogens with zero attached hydrogens (tertiary/aromatic N) is 3. The third-order valence-electron chi connectivity index (χ3n) is 3.28. The molecule has 22 heavy (non-hydrogen) atoms. The fourth-order valence-corrected chi connectivity index (χ4v) is 2.28. The summed E-state index contributed by atoms with van der Waals surface area (Å²) in [5, 5.41) is 11.3. The van der Waals surface area contributed by atoms with E-state index in [0.717, 1.165) is 30.0 Å². The van der Waals surface area contributed by atoms with Gasteiger partial charge in [0.05, 0.1) is 5.69 Å². The molecule has 0 radical (unpaired) electrons. The van der Waals surface area contributed by atoms with Crippen molar-refractivity contribution in [3.8, 4) is 11.4 Å². The first-order valence-electron chi connectivity index (χ1n) is 7.22. The van der Waals surface area contributed by atoms with Gasteiger partial charge in [-0.2, -0.15) is 4.63 Å². The molecular formula is C15H18ClN5O. The minimum absolute atomic E-state index is 0.508. The van der Waals surface area contributed by atoms with Crippen molar-refractivity contribution in [1.29, 1.82) is 0 Å². The van der Waals surface area contributed by atoms with E-state index in [0.29, 0.717) is 23.2 Å². The molecule has 0 saturated heterocycles. The van der Waals surface area contributed by atoms with Crippen LogP contribution >= 0.6 is 11.6 Å². The third-order valence-corrected chi connectivity index (χ3v) is 3.73. The molecule has 0 saturated carbocycles. The lowest BCUT2D eigenvalue weighted by molar-refractivity contribution is 0.153. The second-order valence-electron chi connectivity index (χ2n) is 5.03. The van der Waals surface area contributed by atoms with Gasteiger partial charge in [0.25, 0.3) is 0 Å². The van der Waals surface area contributed by atoms with E-state index in [-0.39, 0.29) is 0 Å². The van der Waals surface area contributed by atoms with E-state index in [1.807, 2.05) is 31.2 Å². The monoisotopic (exact) mass is 319 g/mol. The molecule has 2 N–H and O–H groups in total. The summed E-state index contributed by atoms with van der Waals surface area (Å²) in [6.07, 6.45) is 1.02. The molecule has 0 aliphatic rings. The summed E-state index contributed by atoms with van der Waals surface area (Å²) in [5.74, 6) is 0.641. The summed E-state index contributed by atoms with van der Waals surface area (Å²) >= 11 is 6.17. The molecule has 1 aromatic carbocycles. The highest BCUT2D eigenvalue weighted by molar-refractivity contribution is 6.34. The van der Waals surface area contributed by atoms with Crippen LogP contribution in [0.25, 0.3) is 17.0 Å². The normalized spacial score (nSPS) is 11.2. The SMILES string of the molecule is CCCOCNc1ccc(-c2nc3c(Cl)c(C)[nH]n3n2)cc1. The van der Waals surface area contributed by atoms with Gasteiger partial charge in [-0.25, -0.2) is 4.98 Å². The minimum Gasteiger partial charge on any atom is -0.363 e. The maximum atomic E-state index is 6.17. The van der Waals surface area contributed by atoms with Crippen LogP contribution in [0.5, 0.6) is 0 Å².